The van der Waals surface area contributed by atoms with Crippen LogP contribution in [0.2, 0.25) is 0 Å². The summed E-state index contributed by atoms with van der Waals surface area (Å²) in [5, 5.41) is 9.82. The predicted molar refractivity (Wildman–Crippen MR) is 68.5 cm³/mol. The quantitative estimate of drug-likeness (QED) is 0.591. The molecule has 96 valence electrons. The van der Waals surface area contributed by atoms with Crippen LogP contribution in [0.3, 0.4) is 0 Å². The molecule has 5 atom stereocenters. The molecule has 0 aromatic heterocycles. The summed E-state index contributed by atoms with van der Waals surface area (Å²) in [6.45, 7) is 8.38. The zero-order valence-corrected chi connectivity index (χ0v) is 11.0. The SMILES string of the molecule is C=C(C)[C@@H]1CC[C@]2(C1)[C@H](C)C[C@H](O)C[C@H]2C=O. The Hall–Kier alpha value is -0.630. The molecule has 2 aliphatic carbocycles. The molecule has 0 saturated heterocycles. The van der Waals surface area contributed by atoms with Crippen LogP contribution in [0, 0.1) is 23.2 Å². The number of hydrogen-bond acceptors (Lipinski definition) is 2. The Labute approximate surface area is 104 Å². The fraction of sp³-hybridized carbons (Fsp3) is 0.800. The van der Waals surface area contributed by atoms with Crippen molar-refractivity contribution in [3.05, 3.63) is 12.2 Å². The molecule has 2 heteroatoms. The molecule has 2 aliphatic rings. The minimum atomic E-state index is -0.283. The lowest BCUT2D eigenvalue weighted by molar-refractivity contribution is -0.123. The molecule has 0 aromatic rings. The van der Waals surface area contributed by atoms with Gasteiger partial charge in [0.05, 0.1) is 6.10 Å². The van der Waals surface area contributed by atoms with Gasteiger partial charge in [0.25, 0.3) is 0 Å². The van der Waals surface area contributed by atoms with E-state index in [4.69, 9.17) is 0 Å². The Balaban J connectivity index is 2.22. The van der Waals surface area contributed by atoms with Crippen molar-refractivity contribution in [2.45, 2.75) is 52.1 Å². The molecule has 0 heterocycles. The van der Waals surface area contributed by atoms with Crippen LogP contribution in [-0.4, -0.2) is 17.5 Å². The van der Waals surface area contributed by atoms with E-state index in [1.165, 1.54) is 12.0 Å². The topological polar surface area (TPSA) is 37.3 Å². The van der Waals surface area contributed by atoms with E-state index in [0.29, 0.717) is 18.3 Å². The molecular formula is C15H24O2. The first-order chi connectivity index (χ1) is 7.99. The third-order valence-electron chi connectivity index (χ3n) is 5.32. The van der Waals surface area contributed by atoms with Gasteiger partial charge in [-0.15, -0.1) is 0 Å². The second-order valence-electron chi connectivity index (χ2n) is 6.29. The second-order valence-corrected chi connectivity index (χ2v) is 6.29. The van der Waals surface area contributed by atoms with Gasteiger partial charge in [-0.05, 0) is 56.3 Å². The highest BCUT2D eigenvalue weighted by Gasteiger charge is 2.51. The van der Waals surface area contributed by atoms with Gasteiger partial charge in [0, 0.05) is 5.92 Å². The average Bonchev–Trinajstić information content (AvgIpc) is 2.70. The van der Waals surface area contributed by atoms with Crippen LogP contribution in [0.1, 0.15) is 46.0 Å². The zero-order chi connectivity index (χ0) is 12.6. The Morgan fingerprint density at radius 2 is 2.18 bits per heavy atom. The van der Waals surface area contributed by atoms with E-state index in [0.717, 1.165) is 25.5 Å². The molecule has 0 unspecified atom stereocenters. The monoisotopic (exact) mass is 236 g/mol. The van der Waals surface area contributed by atoms with E-state index in [-0.39, 0.29) is 17.4 Å². The van der Waals surface area contributed by atoms with E-state index in [9.17, 15) is 9.90 Å². The van der Waals surface area contributed by atoms with Crippen molar-refractivity contribution in [1.82, 2.24) is 0 Å². The lowest BCUT2D eigenvalue weighted by Gasteiger charge is -2.46. The van der Waals surface area contributed by atoms with Crippen LogP contribution < -0.4 is 0 Å². The Morgan fingerprint density at radius 3 is 2.71 bits per heavy atom. The lowest BCUT2D eigenvalue weighted by atomic mass is 9.59. The molecule has 0 amide bonds. The van der Waals surface area contributed by atoms with E-state index < -0.39 is 0 Å². The normalized spacial score (nSPS) is 46.1. The largest absolute Gasteiger partial charge is 0.393 e. The van der Waals surface area contributed by atoms with Crippen molar-refractivity contribution in [2.75, 3.05) is 0 Å². The fourth-order valence-electron chi connectivity index (χ4n) is 4.13. The highest BCUT2D eigenvalue weighted by atomic mass is 16.3. The summed E-state index contributed by atoms with van der Waals surface area (Å²) in [5.41, 5.74) is 1.40. The van der Waals surface area contributed by atoms with Gasteiger partial charge in [-0.2, -0.15) is 0 Å². The zero-order valence-electron chi connectivity index (χ0n) is 11.0. The molecule has 2 rings (SSSR count). The number of carbonyl (C=O) groups is 1. The lowest BCUT2D eigenvalue weighted by Crippen LogP contribution is -2.43. The van der Waals surface area contributed by atoms with Crippen LogP contribution in [0.4, 0.5) is 0 Å². The average molecular weight is 236 g/mol. The Bertz CT molecular complexity index is 323. The fourth-order valence-corrected chi connectivity index (χ4v) is 4.13. The van der Waals surface area contributed by atoms with Gasteiger partial charge >= 0.3 is 0 Å². The molecule has 1 spiro atoms. The summed E-state index contributed by atoms with van der Waals surface area (Å²) in [4.78, 5) is 11.4. The highest BCUT2D eigenvalue weighted by molar-refractivity contribution is 5.56. The molecule has 17 heavy (non-hydrogen) atoms. The van der Waals surface area contributed by atoms with Crippen molar-refractivity contribution in [3.8, 4) is 0 Å². The summed E-state index contributed by atoms with van der Waals surface area (Å²) < 4.78 is 0. The summed E-state index contributed by atoms with van der Waals surface area (Å²) in [7, 11) is 0. The van der Waals surface area contributed by atoms with Gasteiger partial charge in [0.2, 0.25) is 0 Å². The molecular weight excluding hydrogens is 212 g/mol. The number of allylic oxidation sites excluding steroid dienone is 1. The van der Waals surface area contributed by atoms with E-state index in [1.807, 2.05) is 0 Å². The van der Waals surface area contributed by atoms with Crippen LogP contribution in [0.5, 0.6) is 0 Å². The number of hydrogen-bond donors (Lipinski definition) is 1. The van der Waals surface area contributed by atoms with E-state index in [1.54, 1.807) is 0 Å². The maximum atomic E-state index is 11.4. The van der Waals surface area contributed by atoms with Gasteiger partial charge in [-0.1, -0.05) is 19.1 Å². The number of rotatable bonds is 2. The second kappa shape index (κ2) is 4.56. The minimum absolute atomic E-state index is 0.0469. The van der Waals surface area contributed by atoms with E-state index >= 15 is 0 Å². The maximum absolute atomic E-state index is 11.4. The summed E-state index contributed by atoms with van der Waals surface area (Å²) in [6, 6.07) is 0. The first-order valence-corrected chi connectivity index (χ1v) is 6.78. The Morgan fingerprint density at radius 1 is 1.47 bits per heavy atom. The predicted octanol–water partition coefficient (Wildman–Crippen LogP) is 2.95. The van der Waals surface area contributed by atoms with Crippen molar-refractivity contribution >= 4 is 6.29 Å². The molecule has 1 N–H and O–H groups in total. The summed E-state index contributed by atoms with van der Waals surface area (Å²) in [6.07, 6.45) is 5.72. The molecule has 2 fully saturated rings. The third-order valence-corrected chi connectivity index (χ3v) is 5.32. The van der Waals surface area contributed by atoms with Crippen LogP contribution in [-0.2, 0) is 4.79 Å². The van der Waals surface area contributed by atoms with Crippen LogP contribution in [0.15, 0.2) is 12.2 Å². The van der Waals surface area contributed by atoms with Gasteiger partial charge in [0.1, 0.15) is 6.29 Å². The van der Waals surface area contributed by atoms with E-state index in [2.05, 4.69) is 20.4 Å². The van der Waals surface area contributed by atoms with Gasteiger partial charge in [-0.3, -0.25) is 0 Å². The first-order valence-electron chi connectivity index (χ1n) is 6.78. The number of aliphatic hydroxyl groups excluding tert-OH is 1. The first kappa shape index (κ1) is 12.8. The molecule has 2 nitrogen and oxygen atoms in total. The molecule has 0 bridgehead atoms. The number of aldehydes is 1. The summed E-state index contributed by atoms with van der Waals surface area (Å²) in [5.74, 6) is 1.08. The van der Waals surface area contributed by atoms with Gasteiger partial charge < -0.3 is 9.90 Å². The van der Waals surface area contributed by atoms with Crippen LogP contribution in [0.25, 0.3) is 0 Å². The molecule has 2 saturated carbocycles. The number of carbonyl (C=O) groups excluding carboxylic acids is 1. The van der Waals surface area contributed by atoms with Crippen molar-refractivity contribution in [1.29, 1.82) is 0 Å². The van der Waals surface area contributed by atoms with Gasteiger partial charge in [0.15, 0.2) is 0 Å². The Kier molecular flexibility index (Phi) is 3.44. The van der Waals surface area contributed by atoms with Crippen molar-refractivity contribution < 1.29 is 9.90 Å². The van der Waals surface area contributed by atoms with Crippen LogP contribution >= 0.6 is 0 Å². The summed E-state index contributed by atoms with van der Waals surface area (Å²) >= 11 is 0. The standard InChI is InChI=1S/C15H24O2/c1-10(2)12-4-5-15(8-12)11(3)6-14(17)7-13(15)9-16/h9,11-14,17H,1,4-8H2,2-3H3/t11-,12-,13+,14+,15+/m1/s1. The van der Waals surface area contributed by atoms with Crippen molar-refractivity contribution in [3.63, 3.8) is 0 Å². The smallest absolute Gasteiger partial charge is 0.123 e. The minimum Gasteiger partial charge on any atom is -0.393 e. The molecule has 0 aromatic carbocycles. The molecule has 0 radical (unpaired) electrons. The van der Waals surface area contributed by atoms with Gasteiger partial charge in [-0.25, -0.2) is 0 Å². The third kappa shape index (κ3) is 2.08. The number of aliphatic hydroxyl groups is 1. The van der Waals surface area contributed by atoms with Crippen molar-refractivity contribution in [2.24, 2.45) is 23.2 Å². The maximum Gasteiger partial charge on any atom is 0.123 e. The highest BCUT2D eigenvalue weighted by Crippen LogP contribution is 2.57. The molecule has 0 aliphatic heterocycles.